The number of hydrogen-bond donors (Lipinski definition) is 1. The Morgan fingerprint density at radius 3 is 3.00 bits per heavy atom. The molecule has 134 valence electrons. The van der Waals surface area contributed by atoms with Crippen molar-refractivity contribution in [1.82, 2.24) is 20.0 Å². The Bertz CT molecular complexity index is 993. The van der Waals surface area contributed by atoms with Gasteiger partial charge in [-0.2, -0.15) is 5.10 Å². The lowest BCUT2D eigenvalue weighted by atomic mass is 10.1. The van der Waals surface area contributed by atoms with Crippen molar-refractivity contribution in [3.63, 3.8) is 0 Å². The van der Waals surface area contributed by atoms with Crippen molar-refractivity contribution in [3.8, 4) is 0 Å². The first-order valence-electron chi connectivity index (χ1n) is 8.26. The molecule has 1 aliphatic heterocycles. The number of amides is 2. The van der Waals surface area contributed by atoms with Gasteiger partial charge in [0.1, 0.15) is 5.58 Å². The van der Waals surface area contributed by atoms with Gasteiger partial charge in [0.05, 0.1) is 24.7 Å². The summed E-state index contributed by atoms with van der Waals surface area (Å²) in [5.74, 6) is -0.0512. The minimum Gasteiger partial charge on any atom is -0.451 e. The van der Waals surface area contributed by atoms with Gasteiger partial charge in [-0.15, -0.1) is 0 Å². The Labute approximate surface area is 154 Å². The minimum atomic E-state index is -0.216. The molecule has 3 aromatic rings. The number of nitrogens with one attached hydrogen (secondary N) is 1. The number of halogens is 1. The van der Waals surface area contributed by atoms with Crippen molar-refractivity contribution in [2.75, 3.05) is 13.6 Å². The van der Waals surface area contributed by atoms with E-state index in [9.17, 15) is 9.59 Å². The zero-order valence-electron chi connectivity index (χ0n) is 14.1. The van der Waals surface area contributed by atoms with Crippen molar-refractivity contribution >= 4 is 34.4 Å². The molecule has 1 aromatic carbocycles. The summed E-state index contributed by atoms with van der Waals surface area (Å²) in [6.45, 7) is 0.805. The maximum Gasteiger partial charge on any atom is 0.290 e. The van der Waals surface area contributed by atoms with E-state index in [1.54, 1.807) is 42.4 Å². The van der Waals surface area contributed by atoms with Gasteiger partial charge in [0, 0.05) is 30.2 Å². The van der Waals surface area contributed by atoms with Crippen LogP contribution in [-0.4, -0.2) is 40.1 Å². The van der Waals surface area contributed by atoms with Gasteiger partial charge in [0.2, 0.25) is 5.91 Å². The molecule has 0 spiro atoms. The van der Waals surface area contributed by atoms with Gasteiger partial charge in [-0.25, -0.2) is 0 Å². The van der Waals surface area contributed by atoms with E-state index < -0.39 is 0 Å². The SMILES string of the molecule is CNC(=O)C[C@H]1CN(C(=O)c2cc3cc(Cl)ccc3o2)Cc2ccnn21. The van der Waals surface area contributed by atoms with Gasteiger partial charge in [-0.05, 0) is 30.3 Å². The number of benzene rings is 1. The van der Waals surface area contributed by atoms with Crippen LogP contribution in [0.15, 0.2) is 40.9 Å². The summed E-state index contributed by atoms with van der Waals surface area (Å²) >= 11 is 6.00. The molecule has 1 N–H and O–H groups in total. The largest absolute Gasteiger partial charge is 0.451 e. The van der Waals surface area contributed by atoms with Crippen LogP contribution in [0.25, 0.3) is 11.0 Å². The van der Waals surface area contributed by atoms with Gasteiger partial charge in [0.25, 0.3) is 5.91 Å². The number of aromatic nitrogens is 2. The monoisotopic (exact) mass is 372 g/mol. The summed E-state index contributed by atoms with van der Waals surface area (Å²) in [7, 11) is 1.59. The molecule has 2 aromatic heterocycles. The summed E-state index contributed by atoms with van der Waals surface area (Å²) in [6, 6.07) is 8.57. The number of fused-ring (bicyclic) bond motifs is 2. The van der Waals surface area contributed by atoms with Gasteiger partial charge in [0.15, 0.2) is 5.76 Å². The molecule has 1 aliphatic rings. The second kappa shape index (κ2) is 6.49. The fourth-order valence-electron chi connectivity index (χ4n) is 3.28. The summed E-state index contributed by atoms with van der Waals surface area (Å²) in [6.07, 6.45) is 1.94. The Morgan fingerprint density at radius 1 is 1.35 bits per heavy atom. The Balaban J connectivity index is 1.62. The van der Waals surface area contributed by atoms with E-state index in [4.69, 9.17) is 16.0 Å². The van der Waals surface area contributed by atoms with Gasteiger partial charge < -0.3 is 14.6 Å². The van der Waals surface area contributed by atoms with Crippen LogP contribution in [0.5, 0.6) is 0 Å². The quantitative estimate of drug-likeness (QED) is 0.766. The molecule has 1 atom stereocenters. The third-order valence-corrected chi connectivity index (χ3v) is 4.79. The Kier molecular flexibility index (Phi) is 4.16. The minimum absolute atomic E-state index is 0.0934. The number of furan rings is 1. The van der Waals surface area contributed by atoms with Crippen molar-refractivity contribution in [2.45, 2.75) is 19.0 Å². The molecule has 0 radical (unpaired) electrons. The number of rotatable bonds is 3. The lowest BCUT2D eigenvalue weighted by Gasteiger charge is -2.33. The van der Waals surface area contributed by atoms with E-state index in [-0.39, 0.29) is 30.0 Å². The molecule has 0 bridgehead atoms. The first kappa shape index (κ1) is 16.7. The third kappa shape index (κ3) is 2.94. The molecule has 8 heteroatoms. The summed E-state index contributed by atoms with van der Waals surface area (Å²) in [4.78, 5) is 26.5. The highest BCUT2D eigenvalue weighted by Crippen LogP contribution is 2.27. The van der Waals surface area contributed by atoms with E-state index >= 15 is 0 Å². The highest BCUT2D eigenvalue weighted by Gasteiger charge is 2.31. The zero-order chi connectivity index (χ0) is 18.3. The van der Waals surface area contributed by atoms with Crippen molar-refractivity contribution in [2.24, 2.45) is 0 Å². The highest BCUT2D eigenvalue weighted by atomic mass is 35.5. The predicted molar refractivity (Wildman–Crippen MR) is 95.9 cm³/mol. The van der Waals surface area contributed by atoms with Crippen LogP contribution in [0, 0.1) is 0 Å². The lowest BCUT2D eigenvalue weighted by Crippen LogP contribution is -2.42. The predicted octanol–water partition coefficient (Wildman–Crippen LogP) is 2.62. The molecule has 0 saturated heterocycles. The smallest absolute Gasteiger partial charge is 0.290 e. The van der Waals surface area contributed by atoms with Crippen molar-refractivity contribution < 1.29 is 14.0 Å². The maximum atomic E-state index is 13.0. The number of carbonyl (C=O) groups is 2. The van der Waals surface area contributed by atoms with Gasteiger partial charge >= 0.3 is 0 Å². The maximum absolute atomic E-state index is 13.0. The highest BCUT2D eigenvalue weighted by molar-refractivity contribution is 6.31. The van der Waals surface area contributed by atoms with Crippen LogP contribution in [-0.2, 0) is 11.3 Å². The molecule has 0 aliphatic carbocycles. The number of hydrogen-bond acceptors (Lipinski definition) is 4. The van der Waals surface area contributed by atoms with E-state index in [0.717, 1.165) is 11.1 Å². The fourth-order valence-corrected chi connectivity index (χ4v) is 3.47. The molecule has 0 fully saturated rings. The first-order chi connectivity index (χ1) is 12.5. The van der Waals surface area contributed by atoms with Crippen LogP contribution in [0.4, 0.5) is 0 Å². The molecule has 0 saturated carbocycles. The standard InChI is InChI=1S/C18H17ClN4O3/c1-20-17(24)8-14-10-22(9-13-4-5-21-23(13)14)18(25)16-7-11-6-12(19)2-3-15(11)26-16/h2-7,14H,8-10H2,1H3,(H,20,24)/t14-/m0/s1. The normalized spacial score (nSPS) is 16.5. The molecule has 0 unspecified atom stereocenters. The number of nitrogens with zero attached hydrogens (tertiary/aromatic N) is 3. The lowest BCUT2D eigenvalue weighted by molar-refractivity contribution is -0.121. The zero-order valence-corrected chi connectivity index (χ0v) is 14.9. The van der Waals surface area contributed by atoms with Crippen LogP contribution in [0.2, 0.25) is 5.02 Å². The molecule has 7 nitrogen and oxygen atoms in total. The fraction of sp³-hybridized carbons (Fsp3) is 0.278. The Morgan fingerprint density at radius 2 is 2.19 bits per heavy atom. The van der Waals surface area contributed by atoms with Crippen molar-refractivity contribution in [1.29, 1.82) is 0 Å². The molecular formula is C18H17ClN4O3. The van der Waals surface area contributed by atoms with Crippen molar-refractivity contribution in [3.05, 3.63) is 53.0 Å². The van der Waals surface area contributed by atoms with Crippen LogP contribution in [0.3, 0.4) is 0 Å². The molecule has 3 heterocycles. The average Bonchev–Trinajstić information content (AvgIpc) is 3.26. The summed E-state index contributed by atoms with van der Waals surface area (Å²) in [5.41, 5.74) is 1.50. The van der Waals surface area contributed by atoms with Gasteiger partial charge in [-0.1, -0.05) is 11.6 Å². The van der Waals surface area contributed by atoms with E-state index in [1.807, 2.05) is 10.7 Å². The first-order valence-corrected chi connectivity index (χ1v) is 8.64. The van der Waals surface area contributed by atoms with Crippen LogP contribution < -0.4 is 5.32 Å². The van der Waals surface area contributed by atoms with Crippen LogP contribution >= 0.6 is 11.6 Å². The van der Waals surface area contributed by atoms with Gasteiger partial charge in [-0.3, -0.25) is 14.3 Å². The second-order valence-corrected chi connectivity index (χ2v) is 6.71. The number of carbonyl (C=O) groups excluding carboxylic acids is 2. The van der Waals surface area contributed by atoms with E-state index in [2.05, 4.69) is 10.4 Å². The second-order valence-electron chi connectivity index (χ2n) is 6.28. The third-order valence-electron chi connectivity index (χ3n) is 4.56. The molecule has 26 heavy (non-hydrogen) atoms. The van der Waals surface area contributed by atoms with E-state index in [0.29, 0.717) is 23.7 Å². The van der Waals surface area contributed by atoms with Crippen LogP contribution in [0.1, 0.15) is 28.7 Å². The topological polar surface area (TPSA) is 80.4 Å². The average molecular weight is 373 g/mol. The summed E-state index contributed by atoms with van der Waals surface area (Å²) < 4.78 is 7.51. The molecule has 2 amide bonds. The summed E-state index contributed by atoms with van der Waals surface area (Å²) in [5, 5.41) is 8.29. The molecular weight excluding hydrogens is 356 g/mol. The van der Waals surface area contributed by atoms with E-state index in [1.165, 1.54) is 0 Å². The Hall–Kier alpha value is -2.80. The molecule has 4 rings (SSSR count).